The van der Waals surface area contributed by atoms with E-state index in [9.17, 15) is 4.79 Å². The van der Waals surface area contributed by atoms with Gasteiger partial charge in [-0.25, -0.2) is 0 Å². The number of hydrogen-bond acceptors (Lipinski definition) is 3. The molecule has 2 rings (SSSR count). The van der Waals surface area contributed by atoms with Gasteiger partial charge in [0.2, 0.25) is 0 Å². The minimum atomic E-state index is -0.734. The van der Waals surface area contributed by atoms with Gasteiger partial charge in [-0.05, 0) is 32.9 Å². The van der Waals surface area contributed by atoms with Crippen molar-refractivity contribution in [2.24, 2.45) is 7.05 Å². The molecule has 0 aliphatic heterocycles. The predicted molar refractivity (Wildman–Crippen MR) is 83.1 cm³/mol. The summed E-state index contributed by atoms with van der Waals surface area (Å²) in [6.45, 7) is 5.78. The Morgan fingerprint density at radius 3 is 2.76 bits per heavy atom. The summed E-state index contributed by atoms with van der Waals surface area (Å²) in [7, 11) is 1.95. The standard InChI is InChI=1S/C16H23N3O2/c1-12(2)19(10-6-9-16(20)21)11-14-13-7-4-5-8-15(13)18(3)17-14/h4-5,7-8,12H,6,9-11H2,1-3H3,(H,20,21). The van der Waals surface area contributed by atoms with E-state index in [2.05, 4.69) is 36.0 Å². The molecule has 0 aliphatic carbocycles. The van der Waals surface area contributed by atoms with E-state index in [1.54, 1.807) is 0 Å². The van der Waals surface area contributed by atoms with E-state index in [0.29, 0.717) is 12.5 Å². The number of aliphatic carboxylic acids is 1. The number of benzene rings is 1. The average molecular weight is 289 g/mol. The Balaban J connectivity index is 2.13. The lowest BCUT2D eigenvalue weighted by Crippen LogP contribution is -2.31. The topological polar surface area (TPSA) is 58.4 Å². The molecule has 2 aromatic rings. The van der Waals surface area contributed by atoms with E-state index >= 15 is 0 Å². The van der Waals surface area contributed by atoms with Crippen LogP contribution < -0.4 is 0 Å². The highest BCUT2D eigenvalue weighted by atomic mass is 16.4. The van der Waals surface area contributed by atoms with Gasteiger partial charge in [0.15, 0.2) is 0 Å². The number of aryl methyl sites for hydroxylation is 1. The first kappa shape index (κ1) is 15.5. The molecule has 0 bridgehead atoms. The second-order valence-electron chi connectivity index (χ2n) is 5.65. The van der Waals surface area contributed by atoms with Crippen molar-refractivity contribution in [2.75, 3.05) is 6.54 Å². The summed E-state index contributed by atoms with van der Waals surface area (Å²) in [6, 6.07) is 8.56. The Morgan fingerprint density at radius 2 is 2.10 bits per heavy atom. The molecule has 0 atom stereocenters. The molecule has 1 N–H and O–H groups in total. The molecule has 1 heterocycles. The summed E-state index contributed by atoms with van der Waals surface area (Å²) >= 11 is 0. The van der Waals surface area contributed by atoms with Crippen LogP contribution in [-0.2, 0) is 18.4 Å². The fourth-order valence-corrected chi connectivity index (χ4v) is 2.55. The average Bonchev–Trinajstić information content (AvgIpc) is 2.74. The molecule has 0 fully saturated rings. The fourth-order valence-electron chi connectivity index (χ4n) is 2.55. The third-order valence-corrected chi connectivity index (χ3v) is 3.75. The molecule has 0 saturated heterocycles. The molecule has 0 saturated carbocycles. The molecule has 5 nitrogen and oxygen atoms in total. The van der Waals surface area contributed by atoms with Crippen molar-refractivity contribution in [3.05, 3.63) is 30.0 Å². The van der Waals surface area contributed by atoms with Crippen LogP contribution in [0.3, 0.4) is 0 Å². The van der Waals surface area contributed by atoms with Crippen molar-refractivity contribution in [3.8, 4) is 0 Å². The zero-order chi connectivity index (χ0) is 15.4. The molecule has 0 unspecified atom stereocenters. The first-order valence-electron chi connectivity index (χ1n) is 7.35. The Bertz CT molecular complexity index is 619. The number of rotatable bonds is 7. The third kappa shape index (κ3) is 3.82. The zero-order valence-electron chi connectivity index (χ0n) is 12.9. The number of carboxylic acids is 1. The smallest absolute Gasteiger partial charge is 0.303 e. The first-order chi connectivity index (χ1) is 9.99. The summed E-state index contributed by atoms with van der Waals surface area (Å²) in [4.78, 5) is 12.9. The second-order valence-corrected chi connectivity index (χ2v) is 5.65. The molecule has 0 spiro atoms. The van der Waals surface area contributed by atoms with Gasteiger partial charge >= 0.3 is 5.97 Å². The Morgan fingerprint density at radius 1 is 1.38 bits per heavy atom. The van der Waals surface area contributed by atoms with E-state index in [4.69, 9.17) is 5.11 Å². The largest absolute Gasteiger partial charge is 0.481 e. The molecule has 0 aliphatic rings. The number of hydrogen-bond donors (Lipinski definition) is 1. The van der Waals surface area contributed by atoms with E-state index < -0.39 is 5.97 Å². The molecule has 1 aromatic heterocycles. The quantitative estimate of drug-likeness (QED) is 0.851. The van der Waals surface area contributed by atoms with Crippen LogP contribution in [0.1, 0.15) is 32.4 Å². The molecule has 1 aromatic carbocycles. The van der Waals surface area contributed by atoms with E-state index in [0.717, 1.165) is 24.3 Å². The molecule has 114 valence electrons. The summed E-state index contributed by atoms with van der Waals surface area (Å²) in [5.74, 6) is -0.734. The Kier molecular flexibility index (Phi) is 4.96. The van der Waals surface area contributed by atoms with Crippen molar-refractivity contribution in [2.45, 2.75) is 39.3 Å². The molecule has 21 heavy (non-hydrogen) atoms. The summed E-state index contributed by atoms with van der Waals surface area (Å²) in [5, 5.41) is 14.5. The van der Waals surface area contributed by atoms with Gasteiger partial charge in [-0.3, -0.25) is 14.4 Å². The zero-order valence-corrected chi connectivity index (χ0v) is 12.9. The molecule has 5 heteroatoms. The SMILES string of the molecule is CC(C)N(CCCC(=O)O)Cc1nn(C)c2ccccc12. The van der Waals surface area contributed by atoms with Crippen molar-refractivity contribution >= 4 is 16.9 Å². The van der Waals surface area contributed by atoms with E-state index in [-0.39, 0.29) is 6.42 Å². The van der Waals surface area contributed by atoms with Crippen molar-refractivity contribution in [1.82, 2.24) is 14.7 Å². The minimum absolute atomic E-state index is 0.214. The van der Waals surface area contributed by atoms with Crippen LogP contribution in [0.25, 0.3) is 10.9 Å². The highest BCUT2D eigenvalue weighted by Crippen LogP contribution is 2.20. The number of nitrogens with zero attached hydrogens (tertiary/aromatic N) is 3. The number of fused-ring (bicyclic) bond motifs is 1. The fraction of sp³-hybridized carbons (Fsp3) is 0.500. The van der Waals surface area contributed by atoms with E-state index in [1.807, 2.05) is 23.9 Å². The summed E-state index contributed by atoms with van der Waals surface area (Å²) < 4.78 is 1.90. The van der Waals surface area contributed by atoms with Crippen molar-refractivity contribution in [3.63, 3.8) is 0 Å². The molecule has 0 amide bonds. The summed E-state index contributed by atoms with van der Waals surface area (Å²) in [6.07, 6.45) is 0.879. The van der Waals surface area contributed by atoms with Gasteiger partial charge in [-0.1, -0.05) is 18.2 Å². The Hall–Kier alpha value is -1.88. The predicted octanol–water partition coefficient (Wildman–Crippen LogP) is 2.65. The Labute approximate surface area is 125 Å². The van der Waals surface area contributed by atoms with Crippen molar-refractivity contribution < 1.29 is 9.90 Å². The highest BCUT2D eigenvalue weighted by molar-refractivity contribution is 5.81. The monoisotopic (exact) mass is 289 g/mol. The lowest BCUT2D eigenvalue weighted by atomic mass is 10.1. The van der Waals surface area contributed by atoms with Crippen LogP contribution in [0, 0.1) is 0 Å². The molecule has 0 radical (unpaired) electrons. The maximum atomic E-state index is 10.7. The van der Waals surface area contributed by atoms with Gasteiger partial charge in [0.05, 0.1) is 11.2 Å². The van der Waals surface area contributed by atoms with Crippen LogP contribution in [0.5, 0.6) is 0 Å². The second kappa shape index (κ2) is 6.72. The van der Waals surface area contributed by atoms with Gasteiger partial charge in [-0.2, -0.15) is 5.10 Å². The maximum absolute atomic E-state index is 10.7. The maximum Gasteiger partial charge on any atom is 0.303 e. The summed E-state index contributed by atoms with van der Waals surface area (Å²) in [5.41, 5.74) is 2.18. The molecular weight excluding hydrogens is 266 g/mol. The lowest BCUT2D eigenvalue weighted by Gasteiger charge is -2.25. The minimum Gasteiger partial charge on any atom is -0.481 e. The van der Waals surface area contributed by atoms with Gasteiger partial charge in [0, 0.05) is 31.4 Å². The first-order valence-corrected chi connectivity index (χ1v) is 7.35. The normalized spacial score (nSPS) is 11.7. The van der Waals surface area contributed by atoms with E-state index in [1.165, 1.54) is 5.39 Å². The van der Waals surface area contributed by atoms with Gasteiger partial charge in [0.25, 0.3) is 0 Å². The van der Waals surface area contributed by atoms with Crippen LogP contribution >= 0.6 is 0 Å². The van der Waals surface area contributed by atoms with Gasteiger partial charge in [0.1, 0.15) is 0 Å². The number of para-hydroxylation sites is 1. The molecular formula is C16H23N3O2. The third-order valence-electron chi connectivity index (χ3n) is 3.75. The lowest BCUT2D eigenvalue weighted by molar-refractivity contribution is -0.137. The van der Waals surface area contributed by atoms with Crippen LogP contribution in [0.4, 0.5) is 0 Å². The number of aromatic nitrogens is 2. The number of carboxylic acid groups (broad SMARTS) is 1. The number of carbonyl (C=O) groups is 1. The van der Waals surface area contributed by atoms with Gasteiger partial charge < -0.3 is 5.11 Å². The van der Waals surface area contributed by atoms with Gasteiger partial charge in [-0.15, -0.1) is 0 Å². The van der Waals surface area contributed by atoms with Crippen LogP contribution in [0.2, 0.25) is 0 Å². The van der Waals surface area contributed by atoms with Crippen LogP contribution in [0.15, 0.2) is 24.3 Å². The van der Waals surface area contributed by atoms with Crippen molar-refractivity contribution in [1.29, 1.82) is 0 Å². The highest BCUT2D eigenvalue weighted by Gasteiger charge is 2.15. The van der Waals surface area contributed by atoms with Crippen LogP contribution in [-0.4, -0.2) is 38.3 Å².